The molecule has 3 nitrogen and oxygen atoms in total. The Morgan fingerprint density at radius 3 is 2.27 bits per heavy atom. The van der Waals surface area contributed by atoms with Crippen LogP contribution in [0.1, 0.15) is 33.6 Å². The normalized spacial score (nSPS) is 16.5. The fourth-order valence-corrected chi connectivity index (χ4v) is 1.28. The number of hydrogen-bond donors (Lipinski definition) is 2. The van der Waals surface area contributed by atoms with Crippen molar-refractivity contribution in [3.05, 3.63) is 0 Å². The lowest BCUT2D eigenvalue weighted by atomic mass is 9.91. The van der Waals surface area contributed by atoms with Crippen LogP contribution in [0.4, 0.5) is 0 Å². The predicted octanol–water partition coefficient (Wildman–Crippen LogP) is 1.26. The van der Waals surface area contributed by atoms with Gasteiger partial charge in [0.1, 0.15) is 0 Å². The van der Waals surface area contributed by atoms with E-state index < -0.39 is 11.6 Å². The van der Waals surface area contributed by atoms with Crippen molar-refractivity contribution in [1.29, 1.82) is 0 Å². The fourth-order valence-electron chi connectivity index (χ4n) is 1.28. The van der Waals surface area contributed by atoms with Crippen molar-refractivity contribution in [3.63, 3.8) is 0 Å². The van der Waals surface area contributed by atoms with Gasteiger partial charge >= 0.3 is 5.97 Å². The minimum atomic E-state index is -1.06. The molecule has 0 aromatic heterocycles. The highest BCUT2D eigenvalue weighted by atomic mass is 16.4. The molecule has 0 aliphatic rings. The van der Waals surface area contributed by atoms with Crippen LogP contribution >= 0.6 is 0 Å². The smallest absolute Gasteiger partial charge is 0.306 e. The van der Waals surface area contributed by atoms with Crippen LogP contribution < -0.4 is 0 Å². The molecule has 0 fully saturated rings. The summed E-state index contributed by atoms with van der Waals surface area (Å²) in [6, 6.07) is 0. The van der Waals surface area contributed by atoms with Gasteiger partial charge in [-0.15, -0.1) is 0 Å². The SMILES string of the molecule is CC(C)CC(C)(O)CC(=O)O. The molecule has 0 rings (SSSR count). The lowest BCUT2D eigenvalue weighted by Crippen LogP contribution is -2.29. The third-order valence-electron chi connectivity index (χ3n) is 1.38. The zero-order valence-electron chi connectivity index (χ0n) is 7.29. The number of rotatable bonds is 4. The van der Waals surface area contributed by atoms with E-state index in [0.717, 1.165) is 0 Å². The minimum Gasteiger partial charge on any atom is -0.481 e. The van der Waals surface area contributed by atoms with Crippen molar-refractivity contribution in [2.45, 2.75) is 39.2 Å². The third kappa shape index (κ3) is 5.85. The standard InChI is InChI=1S/C8H16O3/c1-6(2)4-8(3,11)5-7(9)10/h6,11H,4-5H2,1-3H3,(H,9,10). The summed E-state index contributed by atoms with van der Waals surface area (Å²) in [5, 5.41) is 17.9. The second kappa shape index (κ2) is 3.72. The van der Waals surface area contributed by atoms with Crippen molar-refractivity contribution in [2.24, 2.45) is 5.92 Å². The van der Waals surface area contributed by atoms with Crippen LogP contribution in [0.2, 0.25) is 0 Å². The largest absolute Gasteiger partial charge is 0.481 e. The zero-order chi connectivity index (χ0) is 9.07. The van der Waals surface area contributed by atoms with E-state index in [-0.39, 0.29) is 6.42 Å². The Morgan fingerprint density at radius 2 is 2.00 bits per heavy atom. The number of aliphatic carboxylic acids is 1. The second-order valence-electron chi connectivity index (χ2n) is 3.67. The monoisotopic (exact) mass is 160 g/mol. The van der Waals surface area contributed by atoms with E-state index in [1.54, 1.807) is 6.92 Å². The summed E-state index contributed by atoms with van der Waals surface area (Å²) in [6.45, 7) is 5.47. The molecule has 0 saturated carbocycles. The Bertz CT molecular complexity index is 138. The molecule has 0 bridgehead atoms. The van der Waals surface area contributed by atoms with Crippen LogP contribution in [0.5, 0.6) is 0 Å². The van der Waals surface area contributed by atoms with E-state index in [1.807, 2.05) is 13.8 Å². The summed E-state index contributed by atoms with van der Waals surface area (Å²) >= 11 is 0. The van der Waals surface area contributed by atoms with Crippen LogP contribution in [0.3, 0.4) is 0 Å². The first kappa shape index (κ1) is 10.4. The maximum atomic E-state index is 10.2. The van der Waals surface area contributed by atoms with E-state index in [1.165, 1.54) is 0 Å². The van der Waals surface area contributed by atoms with E-state index in [2.05, 4.69) is 0 Å². The molecule has 0 heterocycles. The molecule has 1 atom stereocenters. The highest BCUT2D eigenvalue weighted by molar-refractivity contribution is 5.67. The molecule has 3 heteroatoms. The summed E-state index contributed by atoms with van der Waals surface area (Å²) in [7, 11) is 0. The average molecular weight is 160 g/mol. The van der Waals surface area contributed by atoms with Gasteiger partial charge in [-0.2, -0.15) is 0 Å². The number of hydrogen-bond acceptors (Lipinski definition) is 2. The van der Waals surface area contributed by atoms with Gasteiger partial charge in [-0.3, -0.25) is 4.79 Å². The molecule has 0 spiro atoms. The zero-order valence-corrected chi connectivity index (χ0v) is 7.29. The first-order valence-corrected chi connectivity index (χ1v) is 3.77. The first-order valence-electron chi connectivity index (χ1n) is 3.77. The Hall–Kier alpha value is -0.570. The topological polar surface area (TPSA) is 57.5 Å². The summed E-state index contributed by atoms with van der Waals surface area (Å²) in [5.41, 5.74) is -1.06. The lowest BCUT2D eigenvalue weighted by Gasteiger charge is -2.22. The Balaban J connectivity index is 3.89. The highest BCUT2D eigenvalue weighted by Crippen LogP contribution is 2.19. The molecular weight excluding hydrogens is 144 g/mol. The van der Waals surface area contributed by atoms with E-state index in [9.17, 15) is 9.90 Å². The van der Waals surface area contributed by atoms with Gasteiger partial charge in [-0.25, -0.2) is 0 Å². The molecule has 0 amide bonds. The molecule has 0 aliphatic heterocycles. The molecule has 66 valence electrons. The van der Waals surface area contributed by atoms with Crippen LogP contribution in [0.15, 0.2) is 0 Å². The average Bonchev–Trinajstić information content (AvgIpc) is 1.53. The maximum absolute atomic E-state index is 10.2. The number of aliphatic hydroxyl groups is 1. The summed E-state index contributed by atoms with van der Waals surface area (Å²) in [6.07, 6.45) is 0.352. The lowest BCUT2D eigenvalue weighted by molar-refractivity contribution is -0.142. The summed E-state index contributed by atoms with van der Waals surface area (Å²) in [5.74, 6) is -0.625. The molecule has 11 heavy (non-hydrogen) atoms. The molecule has 2 N–H and O–H groups in total. The highest BCUT2D eigenvalue weighted by Gasteiger charge is 2.24. The van der Waals surface area contributed by atoms with E-state index in [4.69, 9.17) is 5.11 Å². The number of carboxylic acids is 1. The van der Waals surface area contributed by atoms with Crippen molar-refractivity contribution in [1.82, 2.24) is 0 Å². The van der Waals surface area contributed by atoms with Gasteiger partial charge in [0, 0.05) is 0 Å². The molecule has 1 unspecified atom stereocenters. The molecule has 0 aliphatic carbocycles. The molecule has 0 aromatic carbocycles. The Kier molecular flexibility index (Phi) is 3.52. The van der Waals surface area contributed by atoms with Crippen LogP contribution in [-0.4, -0.2) is 21.8 Å². The molecule has 0 radical (unpaired) electrons. The van der Waals surface area contributed by atoms with E-state index >= 15 is 0 Å². The Morgan fingerprint density at radius 1 is 1.55 bits per heavy atom. The first-order chi connectivity index (χ1) is 4.83. The summed E-state index contributed by atoms with van der Waals surface area (Å²) < 4.78 is 0. The minimum absolute atomic E-state index is 0.175. The van der Waals surface area contributed by atoms with Crippen LogP contribution in [0.25, 0.3) is 0 Å². The maximum Gasteiger partial charge on any atom is 0.306 e. The molecule has 0 aromatic rings. The van der Waals surface area contributed by atoms with Crippen LogP contribution in [-0.2, 0) is 4.79 Å². The summed E-state index contributed by atoms with van der Waals surface area (Å²) in [4.78, 5) is 10.2. The van der Waals surface area contributed by atoms with Crippen molar-refractivity contribution < 1.29 is 15.0 Å². The Labute approximate surface area is 67.0 Å². The third-order valence-corrected chi connectivity index (χ3v) is 1.38. The van der Waals surface area contributed by atoms with Gasteiger partial charge < -0.3 is 10.2 Å². The van der Waals surface area contributed by atoms with Crippen molar-refractivity contribution >= 4 is 5.97 Å². The van der Waals surface area contributed by atoms with E-state index in [0.29, 0.717) is 12.3 Å². The fraction of sp³-hybridized carbons (Fsp3) is 0.875. The molecule has 0 saturated heterocycles. The van der Waals surface area contributed by atoms with Gasteiger partial charge in [-0.05, 0) is 19.3 Å². The van der Waals surface area contributed by atoms with Crippen molar-refractivity contribution in [2.75, 3.05) is 0 Å². The van der Waals surface area contributed by atoms with Crippen molar-refractivity contribution in [3.8, 4) is 0 Å². The molecular formula is C8H16O3. The van der Waals surface area contributed by atoms with Gasteiger partial charge in [0.25, 0.3) is 0 Å². The van der Waals surface area contributed by atoms with Gasteiger partial charge in [-0.1, -0.05) is 13.8 Å². The number of carboxylic acid groups (broad SMARTS) is 1. The second-order valence-corrected chi connectivity index (χ2v) is 3.67. The van der Waals surface area contributed by atoms with Gasteiger partial charge in [0.2, 0.25) is 0 Å². The van der Waals surface area contributed by atoms with Gasteiger partial charge in [0.05, 0.1) is 12.0 Å². The van der Waals surface area contributed by atoms with Crippen LogP contribution in [0, 0.1) is 5.92 Å². The predicted molar refractivity (Wildman–Crippen MR) is 42.3 cm³/mol. The van der Waals surface area contributed by atoms with Gasteiger partial charge in [0.15, 0.2) is 0 Å². The number of carbonyl (C=O) groups is 1. The quantitative estimate of drug-likeness (QED) is 0.651.